The van der Waals surface area contributed by atoms with Crippen LogP contribution in [0, 0.1) is 11.3 Å². The number of likely N-dealkylation sites (N-methyl/N-ethyl adjacent to an activating group) is 1. The Bertz CT molecular complexity index is 715. The summed E-state index contributed by atoms with van der Waals surface area (Å²) in [5.74, 6) is 0.882. The Balaban J connectivity index is 1.60. The average Bonchev–Trinajstić information content (AvgIpc) is 2.67. The first kappa shape index (κ1) is 17.3. The van der Waals surface area contributed by atoms with Crippen LogP contribution in [0.15, 0.2) is 42.6 Å². The van der Waals surface area contributed by atoms with Crippen LogP contribution in [0.25, 0.3) is 0 Å². The van der Waals surface area contributed by atoms with Crippen molar-refractivity contribution in [3.63, 3.8) is 0 Å². The lowest BCUT2D eigenvalue weighted by atomic mass is 10.1. The largest absolute Gasteiger partial charge is 0.374 e. The van der Waals surface area contributed by atoms with Crippen molar-refractivity contribution in [1.29, 1.82) is 5.26 Å². The summed E-state index contributed by atoms with van der Waals surface area (Å²) in [5.41, 5.74) is 1.88. The van der Waals surface area contributed by atoms with Crippen molar-refractivity contribution in [3.05, 3.63) is 53.7 Å². The predicted octanol–water partition coefficient (Wildman–Crippen LogP) is 2.08. The minimum atomic E-state index is 0.134. The Morgan fingerprint density at radius 3 is 3.04 bits per heavy atom. The monoisotopic (exact) mass is 337 g/mol. The first-order valence-electron chi connectivity index (χ1n) is 8.64. The van der Waals surface area contributed by atoms with E-state index in [0.29, 0.717) is 5.56 Å². The highest BCUT2D eigenvalue weighted by Crippen LogP contribution is 2.15. The fraction of sp³-hybridized carbons (Fsp3) is 0.421. The number of nitriles is 1. The molecule has 0 radical (unpaired) electrons. The summed E-state index contributed by atoms with van der Waals surface area (Å²) in [6.07, 6.45) is 1.82. The molecule has 1 aliphatic heterocycles. The Labute approximate surface area is 148 Å². The molecule has 6 nitrogen and oxygen atoms in total. The van der Waals surface area contributed by atoms with Gasteiger partial charge < -0.3 is 9.64 Å². The molecule has 0 N–H and O–H groups in total. The smallest absolute Gasteiger partial charge is 0.151 e. The van der Waals surface area contributed by atoms with E-state index in [9.17, 15) is 0 Å². The van der Waals surface area contributed by atoms with Gasteiger partial charge in [0.25, 0.3) is 0 Å². The molecule has 3 rings (SSSR count). The van der Waals surface area contributed by atoms with E-state index in [-0.39, 0.29) is 6.10 Å². The first-order chi connectivity index (χ1) is 12.3. The number of morpholine rings is 1. The fourth-order valence-corrected chi connectivity index (χ4v) is 3.12. The molecule has 25 heavy (non-hydrogen) atoms. The average molecular weight is 337 g/mol. The number of hydrogen-bond donors (Lipinski definition) is 0. The predicted molar refractivity (Wildman–Crippen MR) is 96.1 cm³/mol. The van der Waals surface area contributed by atoms with E-state index in [1.165, 1.54) is 5.56 Å². The van der Waals surface area contributed by atoms with Crippen LogP contribution in [-0.4, -0.2) is 54.0 Å². The van der Waals surface area contributed by atoms with Crippen LogP contribution in [0.3, 0.4) is 0 Å². The second-order valence-electron chi connectivity index (χ2n) is 6.16. The van der Waals surface area contributed by atoms with Gasteiger partial charge in [-0.2, -0.15) is 10.4 Å². The molecule has 1 aromatic heterocycles. The van der Waals surface area contributed by atoms with Gasteiger partial charge in [0.1, 0.15) is 0 Å². The van der Waals surface area contributed by atoms with E-state index in [2.05, 4.69) is 39.1 Å². The summed E-state index contributed by atoms with van der Waals surface area (Å²) in [6, 6.07) is 13.9. The molecule has 0 aliphatic carbocycles. The number of ether oxygens (including phenoxy) is 1. The third-order valence-corrected chi connectivity index (χ3v) is 4.37. The highest BCUT2D eigenvalue weighted by molar-refractivity contribution is 5.36. The van der Waals surface area contributed by atoms with Gasteiger partial charge in [0, 0.05) is 38.9 Å². The summed E-state index contributed by atoms with van der Waals surface area (Å²) < 4.78 is 5.96. The van der Waals surface area contributed by atoms with E-state index < -0.39 is 0 Å². The van der Waals surface area contributed by atoms with Crippen LogP contribution < -0.4 is 4.90 Å². The van der Waals surface area contributed by atoms with Crippen LogP contribution in [0.1, 0.15) is 18.1 Å². The maximum atomic E-state index is 9.04. The maximum Gasteiger partial charge on any atom is 0.151 e. The number of hydrogen-bond acceptors (Lipinski definition) is 6. The fourth-order valence-electron chi connectivity index (χ4n) is 3.12. The van der Waals surface area contributed by atoms with Crippen LogP contribution in [-0.2, 0) is 11.3 Å². The van der Waals surface area contributed by atoms with E-state index >= 15 is 0 Å². The zero-order chi connectivity index (χ0) is 17.5. The molecule has 6 heteroatoms. The van der Waals surface area contributed by atoms with Gasteiger partial charge in [-0.25, -0.2) is 0 Å². The molecule has 2 heterocycles. The van der Waals surface area contributed by atoms with Crippen molar-refractivity contribution in [2.45, 2.75) is 19.6 Å². The Morgan fingerprint density at radius 2 is 2.28 bits per heavy atom. The molecule has 1 atom stereocenters. The van der Waals surface area contributed by atoms with Gasteiger partial charge in [0.15, 0.2) is 5.82 Å². The Kier molecular flexibility index (Phi) is 5.94. The van der Waals surface area contributed by atoms with Crippen LogP contribution in [0.5, 0.6) is 0 Å². The van der Waals surface area contributed by atoms with Gasteiger partial charge in [-0.05, 0) is 36.8 Å². The van der Waals surface area contributed by atoms with Gasteiger partial charge >= 0.3 is 0 Å². The second-order valence-corrected chi connectivity index (χ2v) is 6.16. The van der Waals surface area contributed by atoms with E-state index in [4.69, 9.17) is 10.00 Å². The third-order valence-electron chi connectivity index (χ3n) is 4.37. The summed E-state index contributed by atoms with van der Waals surface area (Å²) >= 11 is 0. The molecular weight excluding hydrogens is 314 g/mol. The van der Waals surface area contributed by atoms with Crippen molar-refractivity contribution in [2.75, 3.05) is 37.7 Å². The van der Waals surface area contributed by atoms with Gasteiger partial charge in [0.05, 0.1) is 24.3 Å². The lowest BCUT2D eigenvalue weighted by Crippen LogP contribution is -2.47. The number of rotatable bonds is 6. The van der Waals surface area contributed by atoms with E-state index in [1.807, 2.05) is 30.3 Å². The molecule has 1 saturated heterocycles. The minimum Gasteiger partial charge on any atom is -0.374 e. The van der Waals surface area contributed by atoms with Crippen molar-refractivity contribution < 1.29 is 4.74 Å². The second kappa shape index (κ2) is 8.56. The van der Waals surface area contributed by atoms with Crippen molar-refractivity contribution >= 4 is 5.82 Å². The number of benzene rings is 1. The molecule has 1 unspecified atom stereocenters. The summed E-state index contributed by atoms with van der Waals surface area (Å²) in [5, 5.41) is 17.2. The topological polar surface area (TPSA) is 65.3 Å². The van der Waals surface area contributed by atoms with Gasteiger partial charge in [0.2, 0.25) is 0 Å². The highest BCUT2D eigenvalue weighted by atomic mass is 16.5. The Hall–Kier alpha value is -2.49. The molecule has 0 bridgehead atoms. The van der Waals surface area contributed by atoms with Gasteiger partial charge in [-0.15, -0.1) is 5.10 Å². The molecule has 1 aliphatic rings. The molecular formula is C19H23N5O. The van der Waals surface area contributed by atoms with Crippen molar-refractivity contribution in [2.24, 2.45) is 0 Å². The molecule has 0 amide bonds. The van der Waals surface area contributed by atoms with Crippen LogP contribution in [0.2, 0.25) is 0 Å². The quantitative estimate of drug-likeness (QED) is 0.804. The SMILES string of the molecule is CCN(CC1CN(Cc2cccc(C#N)c2)CCO1)c1cccnn1. The number of nitrogens with zero attached hydrogens (tertiary/aromatic N) is 5. The summed E-state index contributed by atoms with van der Waals surface area (Å²) in [7, 11) is 0. The van der Waals surface area contributed by atoms with Crippen LogP contribution >= 0.6 is 0 Å². The van der Waals surface area contributed by atoms with E-state index in [1.54, 1.807) is 6.20 Å². The first-order valence-corrected chi connectivity index (χ1v) is 8.64. The van der Waals surface area contributed by atoms with E-state index in [0.717, 1.165) is 45.1 Å². The molecule has 130 valence electrons. The van der Waals surface area contributed by atoms with Gasteiger partial charge in [-0.3, -0.25) is 4.90 Å². The summed E-state index contributed by atoms with van der Waals surface area (Å²) in [4.78, 5) is 4.58. The molecule has 2 aromatic rings. The number of anilines is 1. The highest BCUT2D eigenvalue weighted by Gasteiger charge is 2.23. The Morgan fingerprint density at radius 1 is 1.36 bits per heavy atom. The maximum absolute atomic E-state index is 9.04. The molecule has 1 aromatic carbocycles. The zero-order valence-electron chi connectivity index (χ0n) is 14.5. The minimum absolute atomic E-state index is 0.134. The normalized spacial score (nSPS) is 17.8. The zero-order valence-corrected chi connectivity index (χ0v) is 14.5. The molecule has 0 saturated carbocycles. The van der Waals surface area contributed by atoms with Crippen molar-refractivity contribution in [3.8, 4) is 6.07 Å². The summed E-state index contributed by atoms with van der Waals surface area (Å²) in [6.45, 7) is 7.11. The molecule has 0 spiro atoms. The standard InChI is InChI=1S/C19H23N5O/c1-2-24(19-7-4-8-21-22-19)15-18-14-23(9-10-25-18)13-17-6-3-5-16(11-17)12-20/h3-8,11,18H,2,9-10,13-15H2,1H3. The third kappa shape index (κ3) is 4.75. The number of aromatic nitrogens is 2. The van der Waals surface area contributed by atoms with Crippen molar-refractivity contribution in [1.82, 2.24) is 15.1 Å². The molecule has 1 fully saturated rings. The van der Waals surface area contributed by atoms with Crippen LogP contribution in [0.4, 0.5) is 5.82 Å². The lowest BCUT2D eigenvalue weighted by Gasteiger charge is -2.35. The lowest BCUT2D eigenvalue weighted by molar-refractivity contribution is -0.0268. The van der Waals surface area contributed by atoms with Gasteiger partial charge in [-0.1, -0.05) is 12.1 Å².